The molecule has 0 saturated heterocycles. The second-order valence-electron chi connectivity index (χ2n) is 2.93. The van der Waals surface area contributed by atoms with Gasteiger partial charge in [-0.25, -0.2) is 4.98 Å². The van der Waals surface area contributed by atoms with Gasteiger partial charge in [-0.2, -0.15) is 0 Å². The number of esters is 1. The summed E-state index contributed by atoms with van der Waals surface area (Å²) in [4.78, 5) is 18.2. The highest BCUT2D eigenvalue weighted by atomic mass is 16.5. The molecule has 0 amide bonds. The second kappa shape index (κ2) is 5.83. The fourth-order valence-corrected chi connectivity index (χ4v) is 1.13. The quantitative estimate of drug-likeness (QED) is 0.514. The SMILES string of the molecule is C#CCOC(=O)C(Cc1cnc[nH]1)NC. The number of imidazole rings is 1. The van der Waals surface area contributed by atoms with Gasteiger partial charge in [0, 0.05) is 18.3 Å². The lowest BCUT2D eigenvalue weighted by Gasteiger charge is -2.12. The van der Waals surface area contributed by atoms with Crippen LogP contribution in [0.4, 0.5) is 0 Å². The van der Waals surface area contributed by atoms with E-state index >= 15 is 0 Å². The highest BCUT2D eigenvalue weighted by Gasteiger charge is 2.18. The van der Waals surface area contributed by atoms with Crippen molar-refractivity contribution in [1.29, 1.82) is 0 Å². The van der Waals surface area contributed by atoms with Crippen LogP contribution in [0.25, 0.3) is 0 Å². The van der Waals surface area contributed by atoms with Crippen molar-refractivity contribution in [3.8, 4) is 12.3 Å². The molecule has 0 aliphatic heterocycles. The van der Waals surface area contributed by atoms with Crippen LogP contribution in [-0.4, -0.2) is 35.6 Å². The third-order valence-corrected chi connectivity index (χ3v) is 1.91. The monoisotopic (exact) mass is 207 g/mol. The number of nitrogens with zero attached hydrogens (tertiary/aromatic N) is 1. The number of aromatic nitrogens is 2. The predicted octanol–water partition coefficient (Wildman–Crippen LogP) is -0.283. The Balaban J connectivity index is 2.49. The van der Waals surface area contributed by atoms with Gasteiger partial charge in [-0.1, -0.05) is 5.92 Å². The molecule has 0 spiro atoms. The molecule has 15 heavy (non-hydrogen) atoms. The molecule has 0 radical (unpaired) electrons. The number of hydrogen-bond donors (Lipinski definition) is 2. The molecule has 1 rings (SSSR count). The Bertz CT molecular complexity index is 340. The predicted molar refractivity (Wildman–Crippen MR) is 54.9 cm³/mol. The van der Waals surface area contributed by atoms with E-state index in [1.54, 1.807) is 19.6 Å². The molecule has 1 aromatic heterocycles. The molecular weight excluding hydrogens is 194 g/mol. The summed E-state index contributed by atoms with van der Waals surface area (Å²) in [5.74, 6) is 1.89. The minimum absolute atomic E-state index is 0.0000104. The van der Waals surface area contributed by atoms with Crippen molar-refractivity contribution < 1.29 is 9.53 Å². The van der Waals surface area contributed by atoms with Crippen LogP contribution in [0.5, 0.6) is 0 Å². The van der Waals surface area contributed by atoms with Crippen LogP contribution in [0, 0.1) is 12.3 Å². The van der Waals surface area contributed by atoms with Gasteiger partial charge in [-0.3, -0.25) is 4.79 Å². The average Bonchev–Trinajstić information content (AvgIpc) is 2.75. The van der Waals surface area contributed by atoms with Gasteiger partial charge in [0.15, 0.2) is 6.61 Å². The molecule has 0 aliphatic rings. The van der Waals surface area contributed by atoms with E-state index < -0.39 is 6.04 Å². The summed E-state index contributed by atoms with van der Waals surface area (Å²) in [6, 6.07) is -0.404. The lowest BCUT2D eigenvalue weighted by atomic mass is 10.2. The third-order valence-electron chi connectivity index (χ3n) is 1.91. The minimum Gasteiger partial charge on any atom is -0.451 e. The first-order valence-electron chi connectivity index (χ1n) is 4.52. The van der Waals surface area contributed by atoms with Crippen molar-refractivity contribution in [2.45, 2.75) is 12.5 Å². The molecule has 5 nitrogen and oxygen atoms in total. The van der Waals surface area contributed by atoms with E-state index in [1.165, 1.54) is 0 Å². The molecule has 1 atom stereocenters. The number of H-pyrrole nitrogens is 1. The van der Waals surface area contributed by atoms with Crippen LogP contribution in [-0.2, 0) is 16.0 Å². The van der Waals surface area contributed by atoms with Crippen LogP contribution in [0.3, 0.4) is 0 Å². The Morgan fingerprint density at radius 2 is 2.67 bits per heavy atom. The summed E-state index contributed by atoms with van der Waals surface area (Å²) in [5, 5.41) is 2.86. The fourth-order valence-electron chi connectivity index (χ4n) is 1.13. The molecule has 5 heteroatoms. The molecule has 2 N–H and O–H groups in total. The van der Waals surface area contributed by atoms with Crippen LogP contribution in [0.2, 0.25) is 0 Å². The number of nitrogens with one attached hydrogen (secondary N) is 2. The topological polar surface area (TPSA) is 67.0 Å². The number of ether oxygens (including phenoxy) is 1. The lowest BCUT2D eigenvalue weighted by molar-refractivity contribution is -0.144. The number of carbonyl (C=O) groups excluding carboxylic acids is 1. The molecule has 0 aromatic carbocycles. The summed E-state index contributed by atoms with van der Waals surface area (Å²) < 4.78 is 4.82. The van der Waals surface area contributed by atoms with E-state index in [0.717, 1.165) is 5.69 Å². The molecule has 1 heterocycles. The van der Waals surface area contributed by atoms with Crippen molar-refractivity contribution in [3.05, 3.63) is 18.2 Å². The van der Waals surface area contributed by atoms with Gasteiger partial charge in [-0.15, -0.1) is 6.42 Å². The van der Waals surface area contributed by atoms with Gasteiger partial charge in [0.1, 0.15) is 6.04 Å². The van der Waals surface area contributed by atoms with Crippen molar-refractivity contribution >= 4 is 5.97 Å². The zero-order chi connectivity index (χ0) is 11.1. The van der Waals surface area contributed by atoms with Crippen LogP contribution >= 0.6 is 0 Å². The molecule has 1 aromatic rings. The van der Waals surface area contributed by atoms with Crippen molar-refractivity contribution in [3.63, 3.8) is 0 Å². The highest BCUT2D eigenvalue weighted by Crippen LogP contribution is 1.99. The average molecular weight is 207 g/mol. The molecule has 0 bridgehead atoms. The number of carbonyl (C=O) groups is 1. The first kappa shape index (κ1) is 11.3. The van der Waals surface area contributed by atoms with Crippen LogP contribution in [0.1, 0.15) is 5.69 Å². The first-order chi connectivity index (χ1) is 7.27. The summed E-state index contributed by atoms with van der Waals surface area (Å²) in [5.41, 5.74) is 0.868. The number of terminal acetylenes is 1. The minimum atomic E-state index is -0.404. The van der Waals surface area contributed by atoms with Crippen LogP contribution < -0.4 is 5.32 Å². The van der Waals surface area contributed by atoms with E-state index in [1.807, 2.05) is 0 Å². The zero-order valence-electron chi connectivity index (χ0n) is 8.49. The maximum atomic E-state index is 11.4. The molecule has 0 saturated carbocycles. The van der Waals surface area contributed by atoms with E-state index in [-0.39, 0.29) is 12.6 Å². The van der Waals surface area contributed by atoms with Crippen molar-refractivity contribution in [2.75, 3.05) is 13.7 Å². The van der Waals surface area contributed by atoms with Crippen molar-refractivity contribution in [1.82, 2.24) is 15.3 Å². The molecular formula is C10H13N3O2. The van der Waals surface area contributed by atoms with Gasteiger partial charge >= 0.3 is 5.97 Å². The van der Waals surface area contributed by atoms with Crippen LogP contribution in [0.15, 0.2) is 12.5 Å². The normalized spacial score (nSPS) is 11.7. The van der Waals surface area contributed by atoms with Gasteiger partial charge in [0.05, 0.1) is 6.33 Å². The molecule has 1 unspecified atom stereocenters. The van der Waals surface area contributed by atoms with E-state index in [4.69, 9.17) is 11.2 Å². The highest BCUT2D eigenvalue weighted by molar-refractivity contribution is 5.76. The van der Waals surface area contributed by atoms with E-state index in [0.29, 0.717) is 6.42 Å². The van der Waals surface area contributed by atoms with Gasteiger partial charge in [-0.05, 0) is 7.05 Å². The maximum Gasteiger partial charge on any atom is 0.324 e. The number of rotatable bonds is 5. The fraction of sp³-hybridized carbons (Fsp3) is 0.400. The molecule has 0 fully saturated rings. The summed E-state index contributed by atoms with van der Waals surface area (Å²) >= 11 is 0. The van der Waals surface area contributed by atoms with E-state index in [9.17, 15) is 4.79 Å². The molecule has 80 valence electrons. The number of likely N-dealkylation sites (N-methyl/N-ethyl adjacent to an activating group) is 1. The largest absolute Gasteiger partial charge is 0.451 e. The van der Waals surface area contributed by atoms with Gasteiger partial charge in [0.25, 0.3) is 0 Å². The summed E-state index contributed by atoms with van der Waals surface area (Å²) in [7, 11) is 1.69. The summed E-state index contributed by atoms with van der Waals surface area (Å²) in [6.45, 7) is -0.0000104. The lowest BCUT2D eigenvalue weighted by Crippen LogP contribution is -2.37. The second-order valence-corrected chi connectivity index (χ2v) is 2.93. The first-order valence-corrected chi connectivity index (χ1v) is 4.52. The van der Waals surface area contributed by atoms with E-state index in [2.05, 4.69) is 21.2 Å². The molecule has 0 aliphatic carbocycles. The van der Waals surface area contributed by atoms with Gasteiger partial charge < -0.3 is 15.0 Å². The number of aromatic amines is 1. The zero-order valence-corrected chi connectivity index (χ0v) is 8.49. The van der Waals surface area contributed by atoms with Crippen molar-refractivity contribution in [2.24, 2.45) is 0 Å². The Hall–Kier alpha value is -1.80. The Morgan fingerprint density at radius 1 is 1.87 bits per heavy atom. The standard InChI is InChI=1S/C10H13N3O2/c1-3-4-15-10(14)9(11-2)5-8-6-12-7-13-8/h1,6-7,9,11H,4-5H2,2H3,(H,12,13). The maximum absolute atomic E-state index is 11.4. The third kappa shape index (κ3) is 3.44. The Labute approximate surface area is 88.2 Å². The Kier molecular flexibility index (Phi) is 4.38. The smallest absolute Gasteiger partial charge is 0.324 e. The summed E-state index contributed by atoms with van der Waals surface area (Å²) in [6.07, 6.45) is 8.72. The Morgan fingerprint density at radius 3 is 3.20 bits per heavy atom. The number of hydrogen-bond acceptors (Lipinski definition) is 4. The van der Waals surface area contributed by atoms with Gasteiger partial charge in [0.2, 0.25) is 0 Å².